The first kappa shape index (κ1) is 10.1. The monoisotopic (exact) mass is 243 g/mol. The van der Waals surface area contributed by atoms with Crippen LogP contribution in [-0.2, 0) is 10.1 Å². The Balaban J connectivity index is 2.61. The predicted molar refractivity (Wildman–Crippen MR) is 49.6 cm³/mol. The molecule has 0 N–H and O–H groups in total. The molecule has 1 aromatic rings. The maximum Gasteiger partial charge on any atom is 0.128 e. The van der Waals surface area contributed by atoms with Crippen molar-refractivity contribution in [2.75, 3.05) is 6.61 Å². The Kier molecular flexibility index (Phi) is 3.76. The van der Waals surface area contributed by atoms with Gasteiger partial charge in [0.2, 0.25) is 0 Å². The third kappa shape index (κ3) is 3.46. The maximum atomic E-state index is 10.1. The molecule has 13 heavy (non-hydrogen) atoms. The number of halogens is 1. The summed E-state index contributed by atoms with van der Waals surface area (Å²) in [6.45, 7) is -0.411. The summed E-state index contributed by atoms with van der Waals surface area (Å²) in [5, 5.41) is 10.8. The summed E-state index contributed by atoms with van der Waals surface area (Å²) in [5.41, 5.74) is 1.04. The van der Waals surface area contributed by atoms with E-state index in [1.165, 1.54) is 0 Å². The molecule has 70 valence electrons. The van der Waals surface area contributed by atoms with E-state index in [0.29, 0.717) is 5.75 Å². The molecule has 1 aromatic carbocycles. The van der Waals surface area contributed by atoms with Crippen molar-refractivity contribution in [2.45, 2.75) is 5.33 Å². The SMILES string of the molecule is O=C([O-])COc1cccc(CBr)c1. The van der Waals surface area contributed by atoms with E-state index in [1.54, 1.807) is 18.2 Å². The second kappa shape index (κ2) is 4.87. The number of alkyl halides is 1. The zero-order valence-corrected chi connectivity index (χ0v) is 8.41. The lowest BCUT2D eigenvalue weighted by Crippen LogP contribution is -2.28. The van der Waals surface area contributed by atoms with Crippen molar-refractivity contribution < 1.29 is 14.6 Å². The first-order valence-corrected chi connectivity index (χ1v) is 4.82. The third-order valence-corrected chi connectivity index (χ3v) is 2.06. The molecule has 0 saturated heterocycles. The number of carboxylic acids is 1. The molecule has 0 bridgehead atoms. The van der Waals surface area contributed by atoms with E-state index in [0.717, 1.165) is 10.9 Å². The molecular weight excluding hydrogens is 236 g/mol. The van der Waals surface area contributed by atoms with Crippen LogP contribution in [0.25, 0.3) is 0 Å². The lowest BCUT2D eigenvalue weighted by molar-refractivity contribution is -0.307. The average Bonchev–Trinajstić information content (AvgIpc) is 2.15. The molecule has 0 saturated carbocycles. The van der Waals surface area contributed by atoms with Gasteiger partial charge in [0.1, 0.15) is 12.4 Å². The number of carbonyl (C=O) groups excluding carboxylic acids is 1. The highest BCUT2D eigenvalue weighted by Gasteiger charge is 1.95. The van der Waals surface area contributed by atoms with Crippen LogP contribution >= 0.6 is 15.9 Å². The van der Waals surface area contributed by atoms with Gasteiger partial charge in [0.05, 0.1) is 5.97 Å². The zero-order chi connectivity index (χ0) is 9.68. The van der Waals surface area contributed by atoms with Crippen molar-refractivity contribution in [3.05, 3.63) is 29.8 Å². The van der Waals surface area contributed by atoms with Gasteiger partial charge in [-0.25, -0.2) is 0 Å². The zero-order valence-electron chi connectivity index (χ0n) is 6.83. The van der Waals surface area contributed by atoms with Crippen molar-refractivity contribution >= 4 is 21.9 Å². The van der Waals surface area contributed by atoms with Gasteiger partial charge in [-0.15, -0.1) is 0 Å². The van der Waals surface area contributed by atoms with Crippen LogP contribution in [0.15, 0.2) is 24.3 Å². The number of benzene rings is 1. The van der Waals surface area contributed by atoms with Gasteiger partial charge in [-0.3, -0.25) is 0 Å². The number of rotatable bonds is 4. The molecule has 0 amide bonds. The Hall–Kier alpha value is -1.03. The first-order chi connectivity index (χ1) is 6.22. The number of hydrogen-bond donors (Lipinski definition) is 0. The first-order valence-electron chi connectivity index (χ1n) is 3.70. The van der Waals surface area contributed by atoms with Gasteiger partial charge in [0.15, 0.2) is 0 Å². The van der Waals surface area contributed by atoms with Gasteiger partial charge in [-0.2, -0.15) is 0 Å². The molecule has 0 radical (unpaired) electrons. The molecule has 0 fully saturated rings. The second-order valence-corrected chi connectivity index (χ2v) is 3.00. The van der Waals surface area contributed by atoms with E-state index in [1.807, 2.05) is 6.07 Å². The summed E-state index contributed by atoms with van der Waals surface area (Å²) >= 11 is 3.29. The summed E-state index contributed by atoms with van der Waals surface area (Å²) in [4.78, 5) is 10.1. The van der Waals surface area contributed by atoms with Crippen LogP contribution in [0, 0.1) is 0 Å². The Morgan fingerprint density at radius 2 is 2.31 bits per heavy atom. The van der Waals surface area contributed by atoms with Crippen LogP contribution in [0.2, 0.25) is 0 Å². The fraction of sp³-hybridized carbons (Fsp3) is 0.222. The summed E-state index contributed by atoms with van der Waals surface area (Å²) in [7, 11) is 0. The van der Waals surface area contributed by atoms with Crippen LogP contribution in [0.3, 0.4) is 0 Å². The molecule has 0 aromatic heterocycles. The lowest BCUT2D eigenvalue weighted by Gasteiger charge is -2.07. The molecule has 1 rings (SSSR count). The Morgan fingerprint density at radius 1 is 1.54 bits per heavy atom. The standard InChI is InChI=1S/C9H9BrO3/c10-5-7-2-1-3-8(4-7)13-6-9(11)12/h1-4H,5-6H2,(H,11,12)/p-1. The topological polar surface area (TPSA) is 49.4 Å². The highest BCUT2D eigenvalue weighted by atomic mass is 79.9. The molecule has 0 aliphatic heterocycles. The van der Waals surface area contributed by atoms with E-state index in [-0.39, 0.29) is 0 Å². The molecule has 0 unspecified atom stereocenters. The Morgan fingerprint density at radius 3 is 2.92 bits per heavy atom. The van der Waals surface area contributed by atoms with Gasteiger partial charge < -0.3 is 14.6 Å². The van der Waals surface area contributed by atoms with Crippen LogP contribution in [-0.4, -0.2) is 12.6 Å². The van der Waals surface area contributed by atoms with E-state index in [2.05, 4.69) is 15.9 Å². The number of aliphatic carboxylic acids is 1. The minimum atomic E-state index is -1.22. The molecular formula is C9H8BrO3-. The smallest absolute Gasteiger partial charge is 0.128 e. The Labute approximate surface area is 84.5 Å². The van der Waals surface area contributed by atoms with Gasteiger partial charge in [0.25, 0.3) is 0 Å². The minimum Gasteiger partial charge on any atom is -0.546 e. The third-order valence-electron chi connectivity index (χ3n) is 1.41. The predicted octanol–water partition coefficient (Wildman–Crippen LogP) is 0.710. The molecule has 0 aliphatic carbocycles. The summed E-state index contributed by atoms with van der Waals surface area (Å²) in [6.07, 6.45) is 0. The molecule has 0 atom stereocenters. The number of carboxylic acid groups (broad SMARTS) is 1. The second-order valence-electron chi connectivity index (χ2n) is 2.44. The summed E-state index contributed by atoms with van der Waals surface area (Å²) in [5.74, 6) is -0.676. The minimum absolute atomic E-state index is 0.411. The maximum absolute atomic E-state index is 10.1. The van der Waals surface area contributed by atoms with Gasteiger partial charge >= 0.3 is 0 Å². The number of ether oxygens (including phenoxy) is 1. The van der Waals surface area contributed by atoms with E-state index >= 15 is 0 Å². The highest BCUT2D eigenvalue weighted by molar-refractivity contribution is 9.08. The average molecular weight is 244 g/mol. The highest BCUT2D eigenvalue weighted by Crippen LogP contribution is 2.14. The fourth-order valence-corrected chi connectivity index (χ4v) is 1.21. The van der Waals surface area contributed by atoms with Crippen LogP contribution in [0.1, 0.15) is 5.56 Å². The summed E-state index contributed by atoms with van der Waals surface area (Å²) < 4.78 is 4.93. The van der Waals surface area contributed by atoms with Crippen molar-refractivity contribution in [2.24, 2.45) is 0 Å². The van der Waals surface area contributed by atoms with Crippen molar-refractivity contribution in [1.82, 2.24) is 0 Å². The molecule has 4 heteroatoms. The van der Waals surface area contributed by atoms with Crippen molar-refractivity contribution in [3.8, 4) is 5.75 Å². The molecule has 0 aliphatic rings. The van der Waals surface area contributed by atoms with Crippen LogP contribution < -0.4 is 9.84 Å². The normalized spacial score (nSPS) is 9.62. The van der Waals surface area contributed by atoms with E-state index < -0.39 is 12.6 Å². The van der Waals surface area contributed by atoms with E-state index in [9.17, 15) is 9.90 Å². The van der Waals surface area contributed by atoms with Crippen molar-refractivity contribution in [3.63, 3.8) is 0 Å². The molecule has 0 heterocycles. The fourth-order valence-electron chi connectivity index (χ4n) is 0.861. The van der Waals surface area contributed by atoms with E-state index in [4.69, 9.17) is 4.74 Å². The lowest BCUT2D eigenvalue weighted by atomic mass is 10.2. The quantitative estimate of drug-likeness (QED) is 0.733. The number of carbonyl (C=O) groups is 1. The Bertz CT molecular complexity index is 299. The molecule has 0 spiro atoms. The largest absolute Gasteiger partial charge is 0.546 e. The summed E-state index contributed by atoms with van der Waals surface area (Å²) in [6, 6.07) is 7.20. The van der Waals surface area contributed by atoms with Crippen molar-refractivity contribution in [1.29, 1.82) is 0 Å². The van der Waals surface area contributed by atoms with Gasteiger partial charge in [-0.1, -0.05) is 28.1 Å². The number of hydrogen-bond acceptors (Lipinski definition) is 3. The van der Waals surface area contributed by atoms with Gasteiger partial charge in [0, 0.05) is 5.33 Å². The molecule has 3 nitrogen and oxygen atoms in total. The van der Waals surface area contributed by atoms with Crippen LogP contribution in [0.4, 0.5) is 0 Å². The van der Waals surface area contributed by atoms with Gasteiger partial charge in [-0.05, 0) is 17.7 Å². The van der Waals surface area contributed by atoms with Crippen LogP contribution in [0.5, 0.6) is 5.75 Å².